The highest BCUT2D eigenvalue weighted by Crippen LogP contribution is 2.17. The van der Waals surface area contributed by atoms with Crippen LogP contribution >= 0.6 is 0 Å². The molecule has 0 unspecified atom stereocenters. The Bertz CT molecular complexity index is 300. The maximum Gasteiger partial charge on any atom is 0.216 e. The summed E-state index contributed by atoms with van der Waals surface area (Å²) < 4.78 is 23.5. The third-order valence-electron chi connectivity index (χ3n) is 2.17. The van der Waals surface area contributed by atoms with Crippen molar-refractivity contribution in [3.8, 4) is 5.75 Å². The van der Waals surface area contributed by atoms with Crippen LogP contribution in [0.3, 0.4) is 0 Å². The Morgan fingerprint density at radius 3 is 2.93 bits per heavy atom. The van der Waals surface area contributed by atoms with Crippen LogP contribution in [0.4, 0.5) is 4.39 Å². The lowest BCUT2D eigenvalue weighted by Gasteiger charge is -2.23. The van der Waals surface area contributed by atoms with E-state index < -0.39 is 5.95 Å². The van der Waals surface area contributed by atoms with E-state index in [2.05, 4.69) is 4.98 Å². The zero-order chi connectivity index (χ0) is 9.80. The molecule has 3 nitrogen and oxygen atoms in total. The Hall–Kier alpha value is -1.16. The van der Waals surface area contributed by atoms with E-state index in [4.69, 9.17) is 9.47 Å². The van der Waals surface area contributed by atoms with Crippen molar-refractivity contribution in [2.75, 3.05) is 13.2 Å². The maximum atomic E-state index is 12.7. The molecule has 0 radical (unpaired) electrons. The van der Waals surface area contributed by atoms with Gasteiger partial charge in [-0.1, -0.05) is 0 Å². The van der Waals surface area contributed by atoms with Crippen molar-refractivity contribution >= 4 is 0 Å². The Morgan fingerprint density at radius 2 is 2.21 bits per heavy atom. The minimum Gasteiger partial charge on any atom is -0.490 e. The largest absolute Gasteiger partial charge is 0.490 e. The number of aromatic nitrogens is 1. The summed E-state index contributed by atoms with van der Waals surface area (Å²) in [6.07, 6.45) is 3.28. The van der Waals surface area contributed by atoms with Crippen LogP contribution < -0.4 is 4.74 Å². The van der Waals surface area contributed by atoms with Crippen LogP contribution in [0.1, 0.15) is 12.8 Å². The molecule has 1 aliphatic rings. The number of hydrogen-bond acceptors (Lipinski definition) is 3. The van der Waals surface area contributed by atoms with Gasteiger partial charge in [0.2, 0.25) is 5.95 Å². The van der Waals surface area contributed by atoms with Crippen molar-refractivity contribution in [3.05, 3.63) is 24.3 Å². The summed E-state index contributed by atoms with van der Waals surface area (Å²) in [5, 5.41) is 0. The molecule has 0 aromatic carbocycles. The summed E-state index contributed by atoms with van der Waals surface area (Å²) >= 11 is 0. The lowest BCUT2D eigenvalue weighted by Crippen LogP contribution is -2.25. The summed E-state index contributed by atoms with van der Waals surface area (Å²) in [6.45, 7) is 1.44. The second-order valence-corrected chi connectivity index (χ2v) is 3.24. The van der Waals surface area contributed by atoms with Crippen molar-refractivity contribution in [3.63, 3.8) is 0 Å². The van der Waals surface area contributed by atoms with Gasteiger partial charge in [-0.15, -0.1) is 0 Å². The molecule has 1 aromatic rings. The molecule has 0 saturated carbocycles. The fourth-order valence-corrected chi connectivity index (χ4v) is 1.44. The highest BCUT2D eigenvalue weighted by atomic mass is 19.1. The second kappa shape index (κ2) is 4.37. The van der Waals surface area contributed by atoms with Gasteiger partial charge in [-0.3, -0.25) is 0 Å². The van der Waals surface area contributed by atoms with Crippen LogP contribution in [0, 0.1) is 5.95 Å². The predicted octanol–water partition coefficient (Wildman–Crippen LogP) is 1.78. The molecule has 4 heteroatoms. The third-order valence-corrected chi connectivity index (χ3v) is 2.17. The number of ether oxygens (including phenoxy) is 2. The minimum absolute atomic E-state index is 0.144. The first-order chi connectivity index (χ1) is 6.84. The first-order valence-corrected chi connectivity index (χ1v) is 4.70. The average molecular weight is 197 g/mol. The molecular formula is C10H12FNO2. The van der Waals surface area contributed by atoms with Gasteiger partial charge in [0.05, 0.1) is 13.2 Å². The van der Waals surface area contributed by atoms with E-state index in [9.17, 15) is 4.39 Å². The molecule has 14 heavy (non-hydrogen) atoms. The van der Waals surface area contributed by atoms with Crippen LogP contribution in [0.5, 0.6) is 5.75 Å². The number of halogens is 1. The molecule has 0 spiro atoms. The maximum absolute atomic E-state index is 12.7. The Labute approximate surface area is 81.9 Å². The molecule has 0 amide bonds. The number of rotatable bonds is 2. The number of nitrogens with zero attached hydrogens (tertiary/aromatic N) is 1. The van der Waals surface area contributed by atoms with Gasteiger partial charge >= 0.3 is 0 Å². The zero-order valence-corrected chi connectivity index (χ0v) is 7.78. The molecule has 1 fully saturated rings. The number of pyridine rings is 1. The van der Waals surface area contributed by atoms with E-state index in [1.807, 2.05) is 0 Å². The zero-order valence-electron chi connectivity index (χ0n) is 7.78. The summed E-state index contributed by atoms with van der Waals surface area (Å²) in [7, 11) is 0. The van der Waals surface area contributed by atoms with Crippen molar-refractivity contribution in [2.45, 2.75) is 18.9 Å². The molecule has 1 aromatic heterocycles. The van der Waals surface area contributed by atoms with Gasteiger partial charge in [-0.05, 0) is 6.07 Å². The summed E-state index contributed by atoms with van der Waals surface area (Å²) in [5.41, 5.74) is 0. The Kier molecular flexibility index (Phi) is 2.93. The second-order valence-electron chi connectivity index (χ2n) is 3.24. The predicted molar refractivity (Wildman–Crippen MR) is 48.7 cm³/mol. The van der Waals surface area contributed by atoms with Gasteiger partial charge in [0.15, 0.2) is 0 Å². The van der Waals surface area contributed by atoms with Gasteiger partial charge in [0, 0.05) is 25.1 Å². The molecule has 0 bridgehead atoms. The molecule has 2 rings (SSSR count). The lowest BCUT2D eigenvalue weighted by molar-refractivity contribution is 0.0254. The van der Waals surface area contributed by atoms with E-state index >= 15 is 0 Å². The fourth-order valence-electron chi connectivity index (χ4n) is 1.44. The SMILES string of the molecule is Fc1cc(OC2CCOCC2)ccn1. The standard InChI is InChI=1S/C10H12FNO2/c11-10-7-9(1-4-12-10)14-8-2-5-13-6-3-8/h1,4,7-8H,2-3,5-6H2. The van der Waals surface area contributed by atoms with Crippen molar-refractivity contribution < 1.29 is 13.9 Å². The van der Waals surface area contributed by atoms with Crippen molar-refractivity contribution in [2.24, 2.45) is 0 Å². The molecule has 0 N–H and O–H groups in total. The first kappa shape index (κ1) is 9.40. The van der Waals surface area contributed by atoms with Crippen molar-refractivity contribution in [1.29, 1.82) is 0 Å². The number of hydrogen-bond donors (Lipinski definition) is 0. The van der Waals surface area contributed by atoms with Crippen LogP contribution in [-0.2, 0) is 4.74 Å². The summed E-state index contributed by atoms with van der Waals surface area (Å²) in [5.74, 6) is 0.0407. The lowest BCUT2D eigenvalue weighted by atomic mass is 10.1. The van der Waals surface area contributed by atoms with Gasteiger partial charge < -0.3 is 9.47 Å². The summed E-state index contributed by atoms with van der Waals surface area (Å²) in [4.78, 5) is 3.46. The molecule has 2 heterocycles. The molecule has 76 valence electrons. The Balaban J connectivity index is 1.95. The van der Waals surface area contributed by atoms with Gasteiger partial charge in [-0.2, -0.15) is 4.39 Å². The van der Waals surface area contributed by atoms with Crippen LogP contribution in [-0.4, -0.2) is 24.3 Å². The molecule has 1 aliphatic heterocycles. The van der Waals surface area contributed by atoms with Gasteiger partial charge in [0.1, 0.15) is 11.9 Å². The molecule has 0 aliphatic carbocycles. The van der Waals surface area contributed by atoms with E-state index in [0.717, 1.165) is 26.1 Å². The average Bonchev–Trinajstić information content (AvgIpc) is 2.19. The van der Waals surface area contributed by atoms with Crippen LogP contribution in [0.2, 0.25) is 0 Å². The molecule has 1 saturated heterocycles. The molecular weight excluding hydrogens is 185 g/mol. The highest BCUT2D eigenvalue weighted by Gasteiger charge is 2.15. The fraction of sp³-hybridized carbons (Fsp3) is 0.500. The van der Waals surface area contributed by atoms with E-state index in [1.54, 1.807) is 6.07 Å². The van der Waals surface area contributed by atoms with E-state index in [-0.39, 0.29) is 6.10 Å². The highest BCUT2D eigenvalue weighted by molar-refractivity contribution is 5.18. The quantitative estimate of drug-likeness (QED) is 0.677. The third kappa shape index (κ3) is 2.42. The minimum atomic E-state index is -0.505. The van der Waals surface area contributed by atoms with Gasteiger partial charge in [0.25, 0.3) is 0 Å². The van der Waals surface area contributed by atoms with Crippen LogP contribution in [0.25, 0.3) is 0 Å². The topological polar surface area (TPSA) is 31.4 Å². The first-order valence-electron chi connectivity index (χ1n) is 4.70. The normalized spacial score (nSPS) is 18.1. The van der Waals surface area contributed by atoms with Crippen LogP contribution in [0.15, 0.2) is 18.3 Å². The monoisotopic (exact) mass is 197 g/mol. The van der Waals surface area contributed by atoms with E-state index in [0.29, 0.717) is 5.75 Å². The smallest absolute Gasteiger partial charge is 0.216 e. The molecule has 0 atom stereocenters. The van der Waals surface area contributed by atoms with Crippen molar-refractivity contribution in [1.82, 2.24) is 4.98 Å². The van der Waals surface area contributed by atoms with E-state index in [1.165, 1.54) is 12.3 Å². The summed E-state index contributed by atoms with van der Waals surface area (Å²) in [6, 6.07) is 2.97. The Morgan fingerprint density at radius 1 is 1.43 bits per heavy atom. The van der Waals surface area contributed by atoms with Gasteiger partial charge in [-0.25, -0.2) is 4.98 Å².